The van der Waals surface area contributed by atoms with Crippen LogP contribution < -0.4 is 0 Å². The van der Waals surface area contributed by atoms with Gasteiger partial charge in [-0.15, -0.1) is 0 Å². The van der Waals surface area contributed by atoms with E-state index in [2.05, 4.69) is 4.90 Å². The first kappa shape index (κ1) is 20.3. The van der Waals surface area contributed by atoms with Crippen molar-refractivity contribution >= 4 is 11.8 Å². The van der Waals surface area contributed by atoms with Crippen LogP contribution in [0.15, 0.2) is 24.3 Å². The van der Waals surface area contributed by atoms with Gasteiger partial charge in [-0.2, -0.15) is 0 Å². The van der Waals surface area contributed by atoms with Gasteiger partial charge in [0.2, 0.25) is 5.91 Å². The number of benzene rings is 1. The van der Waals surface area contributed by atoms with Crippen LogP contribution in [0.1, 0.15) is 36.0 Å². The molecule has 0 N–H and O–H groups in total. The van der Waals surface area contributed by atoms with E-state index < -0.39 is 0 Å². The summed E-state index contributed by atoms with van der Waals surface area (Å²) in [5, 5.41) is 0. The second-order valence-corrected chi connectivity index (χ2v) is 8.26. The van der Waals surface area contributed by atoms with Gasteiger partial charge in [0.1, 0.15) is 5.82 Å². The molecule has 0 spiro atoms. The second kappa shape index (κ2) is 9.22. The largest absolute Gasteiger partial charge is 0.378 e. The molecule has 3 aliphatic rings. The highest BCUT2D eigenvalue weighted by atomic mass is 19.1. The van der Waals surface area contributed by atoms with E-state index >= 15 is 0 Å². The zero-order valence-electron chi connectivity index (χ0n) is 16.9. The van der Waals surface area contributed by atoms with Gasteiger partial charge in [0.05, 0.1) is 19.3 Å². The molecule has 0 bridgehead atoms. The second-order valence-electron chi connectivity index (χ2n) is 8.26. The van der Waals surface area contributed by atoms with E-state index in [-0.39, 0.29) is 23.7 Å². The SMILES string of the molecule is O=C(c1ccc(F)cc1)N1CCN(C(C(=O)N2CCOCC2)C2CCCC2)CC1. The van der Waals surface area contributed by atoms with Crippen molar-refractivity contribution in [2.45, 2.75) is 31.7 Å². The average Bonchev–Trinajstić information content (AvgIpc) is 3.29. The van der Waals surface area contributed by atoms with E-state index in [0.29, 0.717) is 64.0 Å². The molecule has 1 aromatic rings. The highest BCUT2D eigenvalue weighted by Crippen LogP contribution is 2.32. The monoisotopic (exact) mass is 403 g/mol. The first-order valence-corrected chi connectivity index (χ1v) is 10.8. The number of carbonyl (C=O) groups excluding carboxylic acids is 2. The summed E-state index contributed by atoms with van der Waals surface area (Å²) in [7, 11) is 0. The molecule has 6 nitrogen and oxygen atoms in total. The van der Waals surface area contributed by atoms with Crippen LogP contribution >= 0.6 is 0 Å². The Morgan fingerprint density at radius 2 is 1.52 bits per heavy atom. The summed E-state index contributed by atoms with van der Waals surface area (Å²) in [6.45, 7) is 5.16. The summed E-state index contributed by atoms with van der Waals surface area (Å²) < 4.78 is 18.5. The number of piperazine rings is 1. The van der Waals surface area contributed by atoms with Gasteiger partial charge in [-0.05, 0) is 43.0 Å². The molecule has 29 heavy (non-hydrogen) atoms. The van der Waals surface area contributed by atoms with Crippen LogP contribution in [0.5, 0.6) is 0 Å². The lowest BCUT2D eigenvalue weighted by Crippen LogP contribution is -2.59. The molecule has 1 aliphatic carbocycles. The van der Waals surface area contributed by atoms with Gasteiger partial charge in [0, 0.05) is 44.8 Å². The fourth-order valence-electron chi connectivity index (χ4n) is 4.88. The minimum atomic E-state index is -0.340. The van der Waals surface area contributed by atoms with Gasteiger partial charge < -0.3 is 14.5 Å². The molecule has 1 atom stereocenters. The van der Waals surface area contributed by atoms with Crippen molar-refractivity contribution in [2.75, 3.05) is 52.5 Å². The molecular formula is C22H30FN3O3. The van der Waals surface area contributed by atoms with Crippen molar-refractivity contribution in [2.24, 2.45) is 5.92 Å². The first-order chi connectivity index (χ1) is 14.1. The first-order valence-electron chi connectivity index (χ1n) is 10.8. The molecule has 7 heteroatoms. The van der Waals surface area contributed by atoms with Crippen LogP contribution in [0, 0.1) is 11.7 Å². The number of halogens is 1. The lowest BCUT2D eigenvalue weighted by molar-refractivity contribution is -0.144. The third-order valence-electron chi connectivity index (χ3n) is 6.51. The number of hydrogen-bond donors (Lipinski definition) is 0. The van der Waals surface area contributed by atoms with Crippen LogP contribution in [0.25, 0.3) is 0 Å². The minimum absolute atomic E-state index is 0.0680. The Hall–Kier alpha value is -1.99. The maximum Gasteiger partial charge on any atom is 0.253 e. The molecule has 0 aromatic heterocycles. The highest BCUT2D eigenvalue weighted by Gasteiger charge is 2.39. The summed E-state index contributed by atoms with van der Waals surface area (Å²) in [4.78, 5) is 32.2. The molecule has 158 valence electrons. The van der Waals surface area contributed by atoms with E-state index in [1.807, 2.05) is 9.80 Å². The van der Waals surface area contributed by atoms with Gasteiger partial charge in [-0.3, -0.25) is 14.5 Å². The average molecular weight is 403 g/mol. The lowest BCUT2D eigenvalue weighted by Gasteiger charge is -2.43. The summed E-state index contributed by atoms with van der Waals surface area (Å²) in [6, 6.07) is 5.63. The molecular weight excluding hydrogens is 373 g/mol. The maximum absolute atomic E-state index is 13.4. The summed E-state index contributed by atoms with van der Waals surface area (Å²) in [5.74, 6) is 0.233. The number of morpholine rings is 1. The van der Waals surface area contributed by atoms with Crippen LogP contribution in [0.4, 0.5) is 4.39 Å². The lowest BCUT2D eigenvalue weighted by atomic mass is 9.94. The van der Waals surface area contributed by atoms with Gasteiger partial charge in [-0.1, -0.05) is 12.8 Å². The van der Waals surface area contributed by atoms with Gasteiger partial charge in [0.15, 0.2) is 0 Å². The Balaban J connectivity index is 1.41. The Labute approximate surface area is 171 Å². The fourth-order valence-corrected chi connectivity index (χ4v) is 4.88. The van der Waals surface area contributed by atoms with Crippen molar-refractivity contribution in [3.63, 3.8) is 0 Å². The molecule has 1 aromatic carbocycles. The van der Waals surface area contributed by atoms with Gasteiger partial charge >= 0.3 is 0 Å². The van der Waals surface area contributed by atoms with Crippen molar-refractivity contribution < 1.29 is 18.7 Å². The van der Waals surface area contributed by atoms with Gasteiger partial charge in [-0.25, -0.2) is 4.39 Å². The smallest absolute Gasteiger partial charge is 0.253 e. The molecule has 2 saturated heterocycles. The minimum Gasteiger partial charge on any atom is -0.378 e. The molecule has 2 heterocycles. The summed E-state index contributed by atoms with van der Waals surface area (Å²) in [5.41, 5.74) is 0.511. The quantitative estimate of drug-likeness (QED) is 0.772. The number of rotatable bonds is 4. The number of hydrogen-bond acceptors (Lipinski definition) is 4. The van der Waals surface area contributed by atoms with Crippen molar-refractivity contribution in [1.29, 1.82) is 0 Å². The summed E-state index contributed by atoms with van der Waals surface area (Å²) in [6.07, 6.45) is 4.60. The summed E-state index contributed by atoms with van der Waals surface area (Å²) >= 11 is 0. The van der Waals surface area contributed by atoms with Crippen molar-refractivity contribution in [3.8, 4) is 0 Å². The van der Waals surface area contributed by atoms with Crippen LogP contribution in [0.3, 0.4) is 0 Å². The molecule has 1 unspecified atom stereocenters. The molecule has 3 fully saturated rings. The standard InChI is InChI=1S/C22H30FN3O3/c23-19-7-5-18(6-8-19)21(27)25-11-9-24(10-12-25)20(17-3-1-2-4-17)22(28)26-13-15-29-16-14-26/h5-8,17,20H,1-4,9-16H2. The van der Waals surface area contributed by atoms with Crippen LogP contribution in [0.2, 0.25) is 0 Å². The predicted molar refractivity (Wildman–Crippen MR) is 107 cm³/mol. The Bertz CT molecular complexity index is 707. The molecule has 2 amide bonds. The van der Waals surface area contributed by atoms with Gasteiger partial charge in [0.25, 0.3) is 5.91 Å². The van der Waals surface area contributed by atoms with E-state index in [4.69, 9.17) is 4.74 Å². The number of carbonyl (C=O) groups is 2. The maximum atomic E-state index is 13.4. The van der Waals surface area contributed by atoms with E-state index in [1.54, 1.807) is 0 Å². The Morgan fingerprint density at radius 3 is 2.14 bits per heavy atom. The molecule has 4 rings (SSSR count). The number of amides is 2. The number of ether oxygens (including phenoxy) is 1. The molecule has 0 radical (unpaired) electrons. The zero-order valence-corrected chi connectivity index (χ0v) is 16.9. The van der Waals surface area contributed by atoms with E-state index in [0.717, 1.165) is 12.8 Å². The van der Waals surface area contributed by atoms with Crippen molar-refractivity contribution in [3.05, 3.63) is 35.6 Å². The normalized spacial score (nSPS) is 22.7. The topological polar surface area (TPSA) is 53.1 Å². The Morgan fingerprint density at radius 1 is 0.897 bits per heavy atom. The third-order valence-corrected chi connectivity index (χ3v) is 6.51. The van der Waals surface area contributed by atoms with Crippen LogP contribution in [-0.2, 0) is 9.53 Å². The van der Waals surface area contributed by atoms with Crippen molar-refractivity contribution in [1.82, 2.24) is 14.7 Å². The molecule has 2 aliphatic heterocycles. The third kappa shape index (κ3) is 4.61. The highest BCUT2D eigenvalue weighted by molar-refractivity contribution is 5.94. The van der Waals surface area contributed by atoms with Crippen LogP contribution in [-0.4, -0.2) is 85.0 Å². The zero-order chi connectivity index (χ0) is 20.2. The predicted octanol–water partition coefficient (Wildman–Crippen LogP) is 2.00. The number of nitrogens with zero attached hydrogens (tertiary/aromatic N) is 3. The Kier molecular flexibility index (Phi) is 6.45. The van der Waals surface area contributed by atoms with E-state index in [1.165, 1.54) is 37.1 Å². The fraction of sp³-hybridized carbons (Fsp3) is 0.636. The molecule has 1 saturated carbocycles. The van der Waals surface area contributed by atoms with E-state index in [9.17, 15) is 14.0 Å².